The molecular formula is C14H24N2O2S. The molecule has 0 saturated heterocycles. The number of nitrogens with one attached hydrogen (secondary N) is 1. The minimum atomic E-state index is -0.835. The summed E-state index contributed by atoms with van der Waals surface area (Å²) in [5.41, 5.74) is 0.873. The van der Waals surface area contributed by atoms with E-state index in [2.05, 4.69) is 37.9 Å². The first-order valence-electron chi connectivity index (χ1n) is 6.69. The number of carboxylic acids is 1. The average molecular weight is 284 g/mol. The first-order valence-corrected chi connectivity index (χ1v) is 7.57. The molecule has 0 atom stereocenters. The lowest BCUT2D eigenvalue weighted by atomic mass is 10.2. The number of carboxylic acid groups (broad SMARTS) is 1. The second-order valence-electron chi connectivity index (χ2n) is 5.18. The van der Waals surface area contributed by atoms with Crippen molar-refractivity contribution < 1.29 is 9.90 Å². The lowest BCUT2D eigenvalue weighted by Gasteiger charge is -2.30. The van der Waals surface area contributed by atoms with Crippen molar-refractivity contribution in [1.29, 1.82) is 0 Å². The first-order chi connectivity index (χ1) is 8.93. The van der Waals surface area contributed by atoms with Gasteiger partial charge in [0.25, 0.3) is 0 Å². The molecule has 0 fully saturated rings. The molecule has 0 unspecified atom stereocenters. The summed E-state index contributed by atoms with van der Waals surface area (Å²) in [4.78, 5) is 13.8. The highest BCUT2D eigenvalue weighted by molar-refractivity contribution is 7.12. The van der Waals surface area contributed by atoms with Gasteiger partial charge in [-0.2, -0.15) is 0 Å². The number of hydrogen-bond donors (Lipinski definition) is 2. The van der Waals surface area contributed by atoms with Crippen LogP contribution in [0.4, 0.5) is 0 Å². The fourth-order valence-electron chi connectivity index (χ4n) is 2.21. The van der Waals surface area contributed by atoms with E-state index in [4.69, 9.17) is 5.11 Å². The van der Waals surface area contributed by atoms with Crippen molar-refractivity contribution in [3.05, 3.63) is 21.9 Å². The monoisotopic (exact) mass is 284 g/mol. The lowest BCUT2D eigenvalue weighted by Crippen LogP contribution is -2.41. The Hall–Kier alpha value is -0.910. The van der Waals surface area contributed by atoms with E-state index in [1.54, 1.807) is 0 Å². The molecule has 0 amide bonds. The molecule has 0 radical (unpaired) electrons. The number of rotatable bonds is 8. The van der Waals surface area contributed by atoms with Gasteiger partial charge in [-0.25, -0.2) is 4.79 Å². The van der Waals surface area contributed by atoms with E-state index in [9.17, 15) is 4.79 Å². The maximum absolute atomic E-state index is 11.0. The Morgan fingerprint density at radius 1 is 1.37 bits per heavy atom. The highest BCUT2D eigenvalue weighted by atomic mass is 32.1. The van der Waals surface area contributed by atoms with E-state index in [1.807, 2.05) is 11.4 Å². The van der Waals surface area contributed by atoms with E-state index >= 15 is 0 Å². The van der Waals surface area contributed by atoms with Crippen molar-refractivity contribution in [3.63, 3.8) is 0 Å². The maximum Gasteiger partial charge on any atom is 0.346 e. The Morgan fingerprint density at radius 2 is 2.00 bits per heavy atom. The zero-order valence-electron chi connectivity index (χ0n) is 12.1. The predicted octanol–water partition coefficient (Wildman–Crippen LogP) is 2.65. The van der Waals surface area contributed by atoms with Gasteiger partial charge in [-0.1, -0.05) is 0 Å². The zero-order valence-corrected chi connectivity index (χ0v) is 13.0. The Kier molecular flexibility index (Phi) is 6.48. The molecule has 5 heteroatoms. The number of aromatic carboxylic acids is 1. The second-order valence-corrected chi connectivity index (χ2v) is 6.10. The van der Waals surface area contributed by atoms with Crippen molar-refractivity contribution in [1.82, 2.24) is 10.2 Å². The quantitative estimate of drug-likeness (QED) is 0.721. The van der Waals surface area contributed by atoms with Crippen LogP contribution in [0.2, 0.25) is 0 Å². The summed E-state index contributed by atoms with van der Waals surface area (Å²) >= 11 is 1.28. The van der Waals surface area contributed by atoms with Crippen LogP contribution in [0.5, 0.6) is 0 Å². The normalized spacial score (nSPS) is 11.7. The first kappa shape index (κ1) is 16.1. The molecule has 0 aliphatic rings. The Morgan fingerprint density at radius 3 is 2.53 bits per heavy atom. The Balaban J connectivity index is 2.38. The molecule has 19 heavy (non-hydrogen) atoms. The summed E-state index contributed by atoms with van der Waals surface area (Å²) in [5.74, 6) is -0.835. The van der Waals surface area contributed by atoms with Gasteiger partial charge >= 0.3 is 5.97 Å². The fourth-order valence-corrected chi connectivity index (χ4v) is 2.97. The van der Waals surface area contributed by atoms with Crippen LogP contribution in [-0.4, -0.2) is 41.1 Å². The van der Waals surface area contributed by atoms with Gasteiger partial charge in [0.15, 0.2) is 0 Å². The molecular weight excluding hydrogens is 260 g/mol. The van der Waals surface area contributed by atoms with E-state index in [0.29, 0.717) is 23.5 Å². The van der Waals surface area contributed by atoms with Crippen LogP contribution in [0.1, 0.15) is 42.9 Å². The number of hydrogen-bond acceptors (Lipinski definition) is 4. The van der Waals surface area contributed by atoms with E-state index < -0.39 is 5.97 Å². The van der Waals surface area contributed by atoms with Crippen LogP contribution in [0.3, 0.4) is 0 Å². The SMILES string of the molecule is CC(C)N(CCNCc1ccsc1C(=O)O)C(C)C. The van der Waals surface area contributed by atoms with Crippen LogP contribution in [0.25, 0.3) is 0 Å². The van der Waals surface area contributed by atoms with Crippen LogP contribution >= 0.6 is 11.3 Å². The van der Waals surface area contributed by atoms with Crippen LogP contribution in [0.15, 0.2) is 11.4 Å². The third-order valence-corrected chi connectivity index (χ3v) is 4.07. The summed E-state index contributed by atoms with van der Waals surface area (Å²) in [7, 11) is 0. The third kappa shape index (κ3) is 4.93. The predicted molar refractivity (Wildman–Crippen MR) is 80.0 cm³/mol. The lowest BCUT2D eigenvalue weighted by molar-refractivity contribution is 0.0701. The second kappa shape index (κ2) is 7.62. The summed E-state index contributed by atoms with van der Waals surface area (Å²) in [6.07, 6.45) is 0. The Labute approximate surface area is 119 Å². The van der Waals surface area contributed by atoms with Crippen molar-refractivity contribution >= 4 is 17.3 Å². The van der Waals surface area contributed by atoms with Gasteiger partial charge < -0.3 is 10.4 Å². The molecule has 1 aromatic rings. The van der Waals surface area contributed by atoms with Gasteiger partial charge in [-0.15, -0.1) is 11.3 Å². The molecule has 1 rings (SSSR count). The van der Waals surface area contributed by atoms with Crippen LogP contribution < -0.4 is 5.32 Å². The number of nitrogens with zero attached hydrogens (tertiary/aromatic N) is 1. The molecule has 0 aliphatic carbocycles. The molecule has 4 nitrogen and oxygen atoms in total. The topological polar surface area (TPSA) is 52.6 Å². The Bertz CT molecular complexity index is 394. The summed E-state index contributed by atoms with van der Waals surface area (Å²) in [5, 5.41) is 14.2. The standard InChI is InChI=1S/C14H24N2O2S/c1-10(2)16(11(3)4)7-6-15-9-12-5-8-19-13(12)14(17)18/h5,8,10-11,15H,6-7,9H2,1-4H3,(H,17,18). The molecule has 0 aromatic carbocycles. The van der Waals surface area contributed by atoms with E-state index in [1.165, 1.54) is 11.3 Å². The van der Waals surface area contributed by atoms with Gasteiger partial charge in [0.05, 0.1) is 0 Å². The van der Waals surface area contributed by atoms with Gasteiger partial charge in [-0.3, -0.25) is 4.90 Å². The minimum absolute atomic E-state index is 0.442. The zero-order chi connectivity index (χ0) is 14.4. The third-order valence-electron chi connectivity index (χ3n) is 3.13. The van der Waals surface area contributed by atoms with Crippen LogP contribution in [0, 0.1) is 0 Å². The number of carbonyl (C=O) groups is 1. The fraction of sp³-hybridized carbons (Fsp3) is 0.643. The molecule has 2 N–H and O–H groups in total. The molecule has 1 aromatic heterocycles. The maximum atomic E-state index is 11.0. The van der Waals surface area contributed by atoms with Crippen LogP contribution in [-0.2, 0) is 6.54 Å². The molecule has 0 spiro atoms. The van der Waals surface area contributed by atoms with Crippen molar-refractivity contribution in [2.24, 2.45) is 0 Å². The molecule has 0 aliphatic heterocycles. The van der Waals surface area contributed by atoms with Gasteiger partial charge in [0, 0.05) is 31.7 Å². The molecule has 1 heterocycles. The molecule has 0 saturated carbocycles. The summed E-state index contributed by atoms with van der Waals surface area (Å²) in [6.45, 7) is 11.2. The van der Waals surface area contributed by atoms with Crippen molar-refractivity contribution in [2.45, 2.75) is 46.3 Å². The van der Waals surface area contributed by atoms with Gasteiger partial charge in [0.2, 0.25) is 0 Å². The smallest absolute Gasteiger partial charge is 0.346 e. The number of thiophene rings is 1. The summed E-state index contributed by atoms with van der Waals surface area (Å²) in [6, 6.07) is 2.93. The molecule has 108 valence electrons. The van der Waals surface area contributed by atoms with E-state index in [-0.39, 0.29) is 0 Å². The summed E-state index contributed by atoms with van der Waals surface area (Å²) < 4.78 is 0. The van der Waals surface area contributed by atoms with Crippen molar-refractivity contribution in [3.8, 4) is 0 Å². The highest BCUT2D eigenvalue weighted by Crippen LogP contribution is 2.16. The largest absolute Gasteiger partial charge is 0.477 e. The van der Waals surface area contributed by atoms with Crippen molar-refractivity contribution in [2.75, 3.05) is 13.1 Å². The van der Waals surface area contributed by atoms with Gasteiger partial charge in [0.1, 0.15) is 4.88 Å². The highest BCUT2D eigenvalue weighted by Gasteiger charge is 2.13. The van der Waals surface area contributed by atoms with E-state index in [0.717, 1.165) is 18.7 Å². The average Bonchev–Trinajstić information content (AvgIpc) is 2.75. The van der Waals surface area contributed by atoms with Gasteiger partial charge in [-0.05, 0) is 44.7 Å². The minimum Gasteiger partial charge on any atom is -0.477 e. The molecule has 0 bridgehead atoms.